The van der Waals surface area contributed by atoms with Gasteiger partial charge in [-0.05, 0) is 13.3 Å². The lowest BCUT2D eigenvalue weighted by atomic mass is 9.99. The Morgan fingerprint density at radius 1 is 1.55 bits per heavy atom. The van der Waals surface area contributed by atoms with E-state index in [1.54, 1.807) is 4.68 Å². The summed E-state index contributed by atoms with van der Waals surface area (Å²) in [6.45, 7) is 3.54. The number of aromatic nitrogens is 2. The molecular weight excluding hydrogens is 274 g/mol. The summed E-state index contributed by atoms with van der Waals surface area (Å²) >= 11 is 1.91. The van der Waals surface area contributed by atoms with Gasteiger partial charge in [0.2, 0.25) is 5.91 Å². The molecule has 2 saturated heterocycles. The molecule has 0 N–H and O–H groups in total. The van der Waals surface area contributed by atoms with Gasteiger partial charge in [0, 0.05) is 43.5 Å². The maximum absolute atomic E-state index is 12.8. The number of carbonyl (C=O) groups is 1. The van der Waals surface area contributed by atoms with Gasteiger partial charge in [-0.1, -0.05) is 0 Å². The molecule has 0 aromatic carbocycles. The highest BCUT2D eigenvalue weighted by molar-refractivity contribution is 7.99. The lowest BCUT2D eigenvalue weighted by Gasteiger charge is -2.37. The van der Waals surface area contributed by atoms with E-state index in [9.17, 15) is 4.79 Å². The molecule has 1 aromatic rings. The zero-order valence-electron chi connectivity index (χ0n) is 12.0. The van der Waals surface area contributed by atoms with Crippen LogP contribution in [-0.4, -0.2) is 51.3 Å². The molecular formula is C14H21N3O2S. The molecule has 0 saturated carbocycles. The van der Waals surface area contributed by atoms with Crippen LogP contribution in [0.1, 0.15) is 24.9 Å². The van der Waals surface area contributed by atoms with Crippen molar-refractivity contribution in [1.82, 2.24) is 14.7 Å². The van der Waals surface area contributed by atoms with Crippen LogP contribution in [0.25, 0.3) is 0 Å². The topological polar surface area (TPSA) is 47.4 Å². The zero-order chi connectivity index (χ0) is 14.1. The van der Waals surface area contributed by atoms with Crippen LogP contribution in [0.4, 0.5) is 0 Å². The minimum Gasteiger partial charge on any atom is -0.378 e. The van der Waals surface area contributed by atoms with Crippen LogP contribution >= 0.6 is 11.8 Å². The lowest BCUT2D eigenvalue weighted by molar-refractivity contribution is -0.139. The van der Waals surface area contributed by atoms with Gasteiger partial charge in [-0.2, -0.15) is 16.9 Å². The molecule has 3 atom stereocenters. The van der Waals surface area contributed by atoms with Gasteiger partial charge < -0.3 is 9.64 Å². The monoisotopic (exact) mass is 295 g/mol. The van der Waals surface area contributed by atoms with Gasteiger partial charge in [-0.15, -0.1) is 0 Å². The number of amides is 1. The van der Waals surface area contributed by atoms with Crippen molar-refractivity contribution in [3.8, 4) is 0 Å². The van der Waals surface area contributed by atoms with E-state index in [0.717, 1.165) is 30.0 Å². The molecule has 1 aromatic heterocycles. The molecule has 5 nitrogen and oxygen atoms in total. The van der Waals surface area contributed by atoms with Crippen LogP contribution in [0.5, 0.6) is 0 Å². The Balaban J connectivity index is 1.80. The van der Waals surface area contributed by atoms with Gasteiger partial charge in [0.25, 0.3) is 0 Å². The first-order chi connectivity index (χ1) is 9.66. The summed E-state index contributed by atoms with van der Waals surface area (Å²) in [6, 6.07) is 0.155. The van der Waals surface area contributed by atoms with Gasteiger partial charge in [0.05, 0.1) is 24.3 Å². The Morgan fingerprint density at radius 3 is 3.05 bits per heavy atom. The summed E-state index contributed by atoms with van der Waals surface area (Å²) < 4.78 is 7.36. The number of thioether (sulfide) groups is 1. The number of ether oxygens (including phenoxy) is 1. The van der Waals surface area contributed by atoms with E-state index in [4.69, 9.17) is 4.74 Å². The Bertz CT molecular complexity index is 491. The maximum atomic E-state index is 12.8. The summed E-state index contributed by atoms with van der Waals surface area (Å²) in [5.41, 5.74) is 1.14. The van der Waals surface area contributed by atoms with Crippen molar-refractivity contribution in [2.24, 2.45) is 13.0 Å². The molecule has 0 aliphatic carbocycles. The third-order valence-electron chi connectivity index (χ3n) is 4.21. The predicted octanol–water partition coefficient (Wildman–Crippen LogP) is 1.46. The van der Waals surface area contributed by atoms with Crippen LogP contribution in [-0.2, 0) is 16.6 Å². The molecule has 1 amide bonds. The van der Waals surface area contributed by atoms with E-state index in [2.05, 4.69) is 5.10 Å². The SMILES string of the molecule is C[C@@H]1OCC[C@@H]1C(=O)N1CCSC[C@H]1c1cnn(C)c1. The Morgan fingerprint density at radius 2 is 2.40 bits per heavy atom. The predicted molar refractivity (Wildman–Crippen MR) is 78.5 cm³/mol. The zero-order valence-corrected chi connectivity index (χ0v) is 12.8. The quantitative estimate of drug-likeness (QED) is 0.829. The summed E-state index contributed by atoms with van der Waals surface area (Å²) in [6.07, 6.45) is 4.80. The summed E-state index contributed by atoms with van der Waals surface area (Å²) in [7, 11) is 1.92. The number of hydrogen-bond acceptors (Lipinski definition) is 4. The van der Waals surface area contributed by atoms with Gasteiger partial charge >= 0.3 is 0 Å². The first-order valence-corrected chi connectivity index (χ1v) is 8.30. The molecule has 3 heterocycles. The molecule has 3 rings (SSSR count). The standard InChI is InChI=1S/C14H21N3O2S/c1-10-12(3-5-19-10)14(18)17-4-6-20-9-13(17)11-7-15-16(2)8-11/h7-8,10,12-13H,3-6,9H2,1-2H3/t10-,12-,13-/m0/s1. The average Bonchev–Trinajstić information content (AvgIpc) is 3.07. The van der Waals surface area contributed by atoms with Gasteiger partial charge in [0.1, 0.15) is 0 Å². The number of hydrogen-bond donors (Lipinski definition) is 0. The fourth-order valence-electron chi connectivity index (χ4n) is 3.02. The molecule has 0 bridgehead atoms. The second-order valence-electron chi connectivity index (χ2n) is 5.54. The van der Waals surface area contributed by atoms with Crippen molar-refractivity contribution in [3.05, 3.63) is 18.0 Å². The van der Waals surface area contributed by atoms with Crippen molar-refractivity contribution in [1.29, 1.82) is 0 Å². The number of carbonyl (C=O) groups excluding carboxylic acids is 1. The van der Waals surface area contributed by atoms with Crippen molar-refractivity contribution in [2.75, 3.05) is 24.7 Å². The number of nitrogens with zero attached hydrogens (tertiary/aromatic N) is 3. The number of aryl methyl sites for hydroxylation is 1. The van der Waals surface area contributed by atoms with E-state index >= 15 is 0 Å². The Hall–Kier alpha value is -1.01. The molecule has 6 heteroatoms. The molecule has 0 unspecified atom stereocenters. The largest absolute Gasteiger partial charge is 0.378 e. The minimum atomic E-state index is 0.0253. The van der Waals surface area contributed by atoms with Crippen LogP contribution in [0.2, 0.25) is 0 Å². The molecule has 0 radical (unpaired) electrons. The highest BCUT2D eigenvalue weighted by atomic mass is 32.2. The molecule has 2 fully saturated rings. The molecule has 20 heavy (non-hydrogen) atoms. The first-order valence-electron chi connectivity index (χ1n) is 7.15. The number of rotatable bonds is 2. The normalized spacial score (nSPS) is 30.7. The molecule has 2 aliphatic rings. The first kappa shape index (κ1) is 13.9. The van der Waals surface area contributed by atoms with Crippen molar-refractivity contribution in [3.63, 3.8) is 0 Å². The van der Waals surface area contributed by atoms with E-state index in [1.807, 2.05) is 43.0 Å². The van der Waals surface area contributed by atoms with Gasteiger partial charge in [-0.25, -0.2) is 0 Å². The van der Waals surface area contributed by atoms with Gasteiger partial charge in [0.15, 0.2) is 0 Å². The third kappa shape index (κ3) is 2.59. The lowest BCUT2D eigenvalue weighted by Crippen LogP contribution is -2.45. The summed E-state index contributed by atoms with van der Waals surface area (Å²) in [4.78, 5) is 14.9. The van der Waals surface area contributed by atoms with Crippen LogP contribution in [0.15, 0.2) is 12.4 Å². The molecule has 110 valence electrons. The van der Waals surface area contributed by atoms with Crippen molar-refractivity contribution in [2.45, 2.75) is 25.5 Å². The van der Waals surface area contributed by atoms with Crippen LogP contribution in [0, 0.1) is 5.92 Å². The molecule has 0 spiro atoms. The summed E-state index contributed by atoms with van der Waals surface area (Å²) in [5.74, 6) is 2.26. The van der Waals surface area contributed by atoms with E-state index in [1.165, 1.54) is 0 Å². The fourth-order valence-corrected chi connectivity index (χ4v) is 4.11. The van der Waals surface area contributed by atoms with Crippen molar-refractivity contribution < 1.29 is 9.53 Å². The minimum absolute atomic E-state index is 0.0253. The van der Waals surface area contributed by atoms with Gasteiger partial charge in [-0.3, -0.25) is 9.48 Å². The average molecular weight is 295 g/mol. The fraction of sp³-hybridized carbons (Fsp3) is 0.714. The van der Waals surface area contributed by atoms with Crippen molar-refractivity contribution >= 4 is 17.7 Å². The van der Waals surface area contributed by atoms with Crippen LogP contribution in [0.3, 0.4) is 0 Å². The smallest absolute Gasteiger partial charge is 0.228 e. The highest BCUT2D eigenvalue weighted by Crippen LogP contribution is 2.33. The third-order valence-corrected chi connectivity index (χ3v) is 5.24. The summed E-state index contributed by atoms with van der Waals surface area (Å²) in [5, 5.41) is 4.24. The van der Waals surface area contributed by atoms with E-state index < -0.39 is 0 Å². The molecule has 2 aliphatic heterocycles. The van der Waals surface area contributed by atoms with Crippen LogP contribution < -0.4 is 0 Å². The second-order valence-corrected chi connectivity index (χ2v) is 6.69. The highest BCUT2D eigenvalue weighted by Gasteiger charge is 2.38. The Labute approximate surface area is 123 Å². The van der Waals surface area contributed by atoms with E-state index in [-0.39, 0.29) is 24.0 Å². The van der Waals surface area contributed by atoms with E-state index in [0.29, 0.717) is 6.61 Å². The second kappa shape index (κ2) is 5.77. The Kier molecular flexibility index (Phi) is 4.03. The maximum Gasteiger partial charge on any atom is 0.228 e.